The Morgan fingerprint density at radius 2 is 1.80 bits per heavy atom. The number of nitrogens with one attached hydrogen (secondary N) is 3. The second-order valence-electron chi connectivity index (χ2n) is 6.11. The van der Waals surface area contributed by atoms with Crippen molar-refractivity contribution >= 4 is 40.4 Å². The number of carbonyl (C=O) groups excluding carboxylic acids is 2. The Morgan fingerprint density at radius 1 is 1.12 bits per heavy atom. The number of thiophene rings is 1. The molecule has 0 radical (unpaired) electrons. The summed E-state index contributed by atoms with van der Waals surface area (Å²) in [7, 11) is 1.93. The molecule has 5 nitrogen and oxygen atoms in total. The fourth-order valence-electron chi connectivity index (χ4n) is 2.52. The predicted octanol–water partition coefficient (Wildman–Crippen LogP) is 1.79. The van der Waals surface area contributed by atoms with Gasteiger partial charge >= 0.3 is 0 Å². The van der Waals surface area contributed by atoms with E-state index < -0.39 is 0 Å². The molecule has 0 saturated carbocycles. The molecular formula is C18H23ClN3O2S+. The molecule has 1 heterocycles. The van der Waals surface area contributed by atoms with E-state index in [4.69, 9.17) is 11.6 Å². The summed E-state index contributed by atoms with van der Waals surface area (Å²) in [5.74, 6) is -0.384. The zero-order chi connectivity index (χ0) is 18.4. The smallest absolute Gasteiger partial charge is 0.275 e. The molecule has 1 atom stereocenters. The van der Waals surface area contributed by atoms with Gasteiger partial charge in [-0.1, -0.05) is 29.8 Å². The topological polar surface area (TPSA) is 62.6 Å². The van der Waals surface area contributed by atoms with Crippen molar-refractivity contribution in [2.75, 3.05) is 25.5 Å². The van der Waals surface area contributed by atoms with Crippen molar-refractivity contribution in [2.24, 2.45) is 0 Å². The van der Waals surface area contributed by atoms with E-state index in [-0.39, 0.29) is 18.4 Å². The average Bonchev–Trinajstić information content (AvgIpc) is 2.94. The summed E-state index contributed by atoms with van der Waals surface area (Å²) in [6, 6.07) is 9.65. The van der Waals surface area contributed by atoms with Crippen LogP contribution in [0.4, 0.5) is 5.69 Å². The minimum atomic E-state index is -0.228. The van der Waals surface area contributed by atoms with Crippen LogP contribution in [0.25, 0.3) is 0 Å². The van der Waals surface area contributed by atoms with Crippen LogP contribution in [0.3, 0.4) is 0 Å². The van der Waals surface area contributed by atoms with Crippen LogP contribution in [0.5, 0.6) is 0 Å². The largest absolute Gasteiger partial charge is 0.342 e. The normalized spacial score (nSPS) is 11.8. The van der Waals surface area contributed by atoms with Gasteiger partial charge in [0.15, 0.2) is 6.54 Å². The maximum Gasteiger partial charge on any atom is 0.275 e. The lowest BCUT2D eigenvalue weighted by molar-refractivity contribution is -0.885. The predicted molar refractivity (Wildman–Crippen MR) is 102 cm³/mol. The lowest BCUT2D eigenvalue weighted by atomic mass is 10.1. The summed E-state index contributed by atoms with van der Waals surface area (Å²) >= 11 is 7.42. The van der Waals surface area contributed by atoms with Gasteiger partial charge in [0.25, 0.3) is 5.91 Å². The maximum absolute atomic E-state index is 12.1. The van der Waals surface area contributed by atoms with E-state index in [2.05, 4.69) is 10.6 Å². The fraction of sp³-hybridized carbons (Fsp3) is 0.333. The molecule has 1 unspecified atom stereocenters. The van der Waals surface area contributed by atoms with Crippen LogP contribution in [0.15, 0.2) is 30.3 Å². The summed E-state index contributed by atoms with van der Waals surface area (Å²) in [5.41, 5.74) is 2.80. The van der Waals surface area contributed by atoms with Crippen molar-refractivity contribution in [1.29, 1.82) is 0 Å². The molecule has 0 aliphatic rings. The van der Waals surface area contributed by atoms with E-state index in [0.717, 1.165) is 37.5 Å². The molecule has 0 saturated heterocycles. The number of anilines is 1. The zero-order valence-electron chi connectivity index (χ0n) is 14.6. The SMILES string of the molecule is Cc1cccc(C)c1NC(=O)CNC(=O)C[NH+](C)Cc1ccc(Cl)s1. The van der Waals surface area contributed by atoms with Gasteiger partial charge in [0, 0.05) is 5.69 Å². The molecule has 0 bridgehead atoms. The van der Waals surface area contributed by atoms with Crippen molar-refractivity contribution in [3.05, 3.63) is 50.7 Å². The van der Waals surface area contributed by atoms with Gasteiger partial charge < -0.3 is 15.5 Å². The number of hydrogen-bond acceptors (Lipinski definition) is 3. The Bertz CT molecular complexity index is 740. The third kappa shape index (κ3) is 6.16. The van der Waals surface area contributed by atoms with Crippen molar-refractivity contribution in [1.82, 2.24) is 5.32 Å². The number of amides is 2. The molecule has 2 aromatic rings. The van der Waals surface area contributed by atoms with Crippen molar-refractivity contribution < 1.29 is 14.5 Å². The molecule has 0 aliphatic carbocycles. The molecule has 134 valence electrons. The number of carbonyl (C=O) groups is 2. The minimum absolute atomic E-state index is 0.0370. The van der Waals surface area contributed by atoms with Gasteiger partial charge in [-0.25, -0.2) is 0 Å². The summed E-state index contributed by atoms with van der Waals surface area (Å²) in [5, 5.41) is 5.53. The summed E-state index contributed by atoms with van der Waals surface area (Å²) < 4.78 is 0.746. The van der Waals surface area contributed by atoms with Crippen LogP contribution in [0.2, 0.25) is 4.34 Å². The number of quaternary nitrogens is 1. The number of likely N-dealkylation sites (N-methyl/N-ethyl adjacent to an activating group) is 1. The summed E-state index contributed by atoms with van der Waals surface area (Å²) in [6.45, 7) is 4.86. The highest BCUT2D eigenvalue weighted by Crippen LogP contribution is 2.20. The second kappa shape index (κ2) is 8.99. The average molecular weight is 381 g/mol. The summed E-state index contributed by atoms with van der Waals surface area (Å²) in [4.78, 5) is 26.2. The lowest BCUT2D eigenvalue weighted by Gasteiger charge is -2.14. The number of para-hydroxylation sites is 1. The highest BCUT2D eigenvalue weighted by molar-refractivity contribution is 7.16. The van der Waals surface area contributed by atoms with Gasteiger partial charge in [-0.05, 0) is 37.1 Å². The van der Waals surface area contributed by atoms with E-state index in [9.17, 15) is 9.59 Å². The minimum Gasteiger partial charge on any atom is -0.342 e. The number of benzene rings is 1. The number of hydrogen-bond donors (Lipinski definition) is 3. The first-order valence-corrected chi connectivity index (χ1v) is 9.23. The Kier molecular flexibility index (Phi) is 6.99. The third-order valence-electron chi connectivity index (χ3n) is 3.76. The van der Waals surface area contributed by atoms with E-state index in [0.29, 0.717) is 6.54 Å². The van der Waals surface area contributed by atoms with Gasteiger partial charge in [-0.2, -0.15) is 0 Å². The van der Waals surface area contributed by atoms with Crippen LogP contribution >= 0.6 is 22.9 Å². The van der Waals surface area contributed by atoms with E-state index in [1.54, 1.807) is 0 Å². The molecule has 2 rings (SSSR count). The highest BCUT2D eigenvalue weighted by Gasteiger charge is 2.13. The van der Waals surface area contributed by atoms with Crippen LogP contribution in [-0.2, 0) is 16.1 Å². The van der Waals surface area contributed by atoms with Gasteiger partial charge in [-0.3, -0.25) is 9.59 Å². The van der Waals surface area contributed by atoms with Crippen molar-refractivity contribution in [3.63, 3.8) is 0 Å². The Morgan fingerprint density at radius 3 is 2.40 bits per heavy atom. The molecular weight excluding hydrogens is 358 g/mol. The molecule has 2 amide bonds. The van der Waals surface area contributed by atoms with Crippen LogP contribution in [-0.4, -0.2) is 32.0 Å². The molecule has 25 heavy (non-hydrogen) atoms. The maximum atomic E-state index is 12.1. The molecule has 3 N–H and O–H groups in total. The Hall–Kier alpha value is -1.89. The lowest BCUT2D eigenvalue weighted by Crippen LogP contribution is -3.08. The first-order valence-electron chi connectivity index (χ1n) is 8.03. The van der Waals surface area contributed by atoms with Gasteiger partial charge in [0.1, 0.15) is 6.54 Å². The van der Waals surface area contributed by atoms with Crippen LogP contribution in [0, 0.1) is 13.8 Å². The molecule has 1 aromatic carbocycles. The standard InChI is InChI=1S/C18H22ClN3O2S/c1-12-5-4-6-13(2)18(12)21-16(23)9-20-17(24)11-22(3)10-14-7-8-15(19)25-14/h4-8H,9-11H2,1-3H3,(H,20,24)(H,21,23)/p+1. The highest BCUT2D eigenvalue weighted by atomic mass is 35.5. The third-order valence-corrected chi connectivity index (χ3v) is 4.99. The molecule has 1 aromatic heterocycles. The molecule has 0 spiro atoms. The van der Waals surface area contributed by atoms with Crippen LogP contribution in [0.1, 0.15) is 16.0 Å². The summed E-state index contributed by atoms with van der Waals surface area (Å²) in [6.07, 6.45) is 0. The Labute approximate surface area is 157 Å². The Balaban J connectivity index is 1.76. The van der Waals surface area contributed by atoms with Crippen molar-refractivity contribution in [3.8, 4) is 0 Å². The molecule has 0 fully saturated rings. The molecule has 0 aliphatic heterocycles. The zero-order valence-corrected chi connectivity index (χ0v) is 16.2. The van der Waals surface area contributed by atoms with E-state index in [1.807, 2.05) is 51.2 Å². The van der Waals surface area contributed by atoms with Gasteiger partial charge in [0.05, 0.1) is 22.8 Å². The second-order valence-corrected chi connectivity index (χ2v) is 7.91. The van der Waals surface area contributed by atoms with E-state index >= 15 is 0 Å². The first-order chi connectivity index (χ1) is 11.8. The van der Waals surface area contributed by atoms with Gasteiger partial charge in [0.2, 0.25) is 5.91 Å². The van der Waals surface area contributed by atoms with E-state index in [1.165, 1.54) is 11.3 Å². The first kappa shape index (κ1) is 19.4. The van der Waals surface area contributed by atoms with Crippen LogP contribution < -0.4 is 15.5 Å². The monoisotopic (exact) mass is 380 g/mol. The number of rotatable bonds is 7. The number of halogens is 1. The molecule has 7 heteroatoms. The number of aryl methyl sites for hydroxylation is 2. The fourth-order valence-corrected chi connectivity index (χ4v) is 3.72. The van der Waals surface area contributed by atoms with Crippen molar-refractivity contribution in [2.45, 2.75) is 20.4 Å². The van der Waals surface area contributed by atoms with Gasteiger partial charge in [-0.15, -0.1) is 11.3 Å². The quantitative estimate of drug-likeness (QED) is 0.685.